The molecule has 0 spiro atoms. The predicted octanol–water partition coefficient (Wildman–Crippen LogP) is 6.10. The van der Waals surface area contributed by atoms with Crippen molar-refractivity contribution >= 4 is 0 Å². The molecule has 2 aromatic heterocycles. The summed E-state index contributed by atoms with van der Waals surface area (Å²) < 4.78 is 2.16. The van der Waals surface area contributed by atoms with E-state index < -0.39 is 0 Å². The van der Waals surface area contributed by atoms with Crippen LogP contribution in [0.3, 0.4) is 0 Å². The van der Waals surface area contributed by atoms with Crippen molar-refractivity contribution in [3.05, 3.63) is 71.0 Å². The third-order valence-corrected chi connectivity index (χ3v) is 5.34. The minimum absolute atomic E-state index is 0.465. The Morgan fingerprint density at radius 3 is 1.96 bits per heavy atom. The van der Waals surface area contributed by atoms with Crippen LogP contribution in [0.1, 0.15) is 61.9 Å². The third-order valence-electron chi connectivity index (χ3n) is 5.34. The van der Waals surface area contributed by atoms with Gasteiger partial charge in [-0.2, -0.15) is 0 Å². The first-order valence-electron chi connectivity index (χ1n) is 9.87. The maximum atomic E-state index is 5.09. The minimum atomic E-state index is 0.465. The van der Waals surface area contributed by atoms with Gasteiger partial charge in [0.25, 0.3) is 0 Å². The molecule has 0 aliphatic heterocycles. The zero-order chi connectivity index (χ0) is 19.7. The monoisotopic (exact) mass is 359 g/mol. The van der Waals surface area contributed by atoms with Gasteiger partial charge in [-0.15, -0.1) is 0 Å². The Morgan fingerprint density at radius 2 is 1.44 bits per heavy atom. The first-order valence-corrected chi connectivity index (χ1v) is 9.87. The number of pyridine rings is 2. The van der Waals surface area contributed by atoms with Gasteiger partial charge < -0.3 is 0 Å². The van der Waals surface area contributed by atoms with Crippen molar-refractivity contribution in [1.29, 1.82) is 0 Å². The van der Waals surface area contributed by atoms with Crippen molar-refractivity contribution in [3.8, 4) is 22.5 Å². The second-order valence-corrected chi connectivity index (χ2v) is 8.10. The van der Waals surface area contributed by atoms with E-state index in [1.807, 2.05) is 0 Å². The summed E-state index contributed by atoms with van der Waals surface area (Å²) in [6.07, 6.45) is 2.09. The smallest absolute Gasteiger partial charge is 0.214 e. The van der Waals surface area contributed by atoms with E-state index in [2.05, 4.69) is 102 Å². The second kappa shape index (κ2) is 7.64. The summed E-state index contributed by atoms with van der Waals surface area (Å²) in [5, 5.41) is 0. The lowest BCUT2D eigenvalue weighted by Crippen LogP contribution is -2.30. The van der Waals surface area contributed by atoms with Crippen molar-refractivity contribution in [2.45, 2.75) is 53.4 Å². The van der Waals surface area contributed by atoms with E-state index in [4.69, 9.17) is 4.98 Å². The second-order valence-electron chi connectivity index (χ2n) is 8.10. The van der Waals surface area contributed by atoms with Gasteiger partial charge in [-0.3, -0.25) is 4.98 Å². The van der Waals surface area contributed by atoms with Crippen molar-refractivity contribution in [2.75, 3.05) is 0 Å². The van der Waals surface area contributed by atoms with Gasteiger partial charge in [0.05, 0.1) is 17.0 Å². The van der Waals surface area contributed by atoms with Crippen LogP contribution < -0.4 is 4.57 Å². The van der Waals surface area contributed by atoms with E-state index in [9.17, 15) is 0 Å². The fourth-order valence-electron chi connectivity index (χ4n) is 3.98. The molecule has 27 heavy (non-hydrogen) atoms. The maximum absolute atomic E-state index is 5.09. The van der Waals surface area contributed by atoms with Crippen LogP contribution in [0.5, 0.6) is 0 Å². The molecule has 1 aromatic carbocycles. The van der Waals surface area contributed by atoms with E-state index >= 15 is 0 Å². The fourth-order valence-corrected chi connectivity index (χ4v) is 3.98. The van der Waals surface area contributed by atoms with Crippen molar-refractivity contribution in [3.63, 3.8) is 0 Å². The average Bonchev–Trinajstić information content (AvgIpc) is 2.61. The van der Waals surface area contributed by atoms with Crippen LogP contribution in [0.15, 0.2) is 48.7 Å². The van der Waals surface area contributed by atoms with Crippen molar-refractivity contribution in [2.24, 2.45) is 7.05 Å². The minimum Gasteiger partial charge on any atom is -0.252 e. The van der Waals surface area contributed by atoms with Gasteiger partial charge in [-0.1, -0.05) is 45.9 Å². The number of nitrogens with zero attached hydrogens (tertiary/aromatic N) is 2. The molecule has 0 amide bonds. The molecule has 0 bridgehead atoms. The van der Waals surface area contributed by atoms with Gasteiger partial charge in [0, 0.05) is 17.7 Å². The lowest BCUT2D eigenvalue weighted by Gasteiger charge is -2.20. The summed E-state index contributed by atoms with van der Waals surface area (Å²) in [6, 6.07) is 15.3. The van der Waals surface area contributed by atoms with Crippen LogP contribution in [-0.2, 0) is 7.05 Å². The van der Waals surface area contributed by atoms with E-state index in [0.717, 1.165) is 11.4 Å². The predicted molar refractivity (Wildman–Crippen MR) is 114 cm³/mol. The topological polar surface area (TPSA) is 16.8 Å². The van der Waals surface area contributed by atoms with E-state index in [-0.39, 0.29) is 0 Å². The number of aryl methyl sites for hydroxylation is 3. The SMILES string of the molecule is Cc1cc(-c2c(C(C)C)cccc2C(C)C)nc(C)c1-c1cccc[n+]1C. The Bertz CT molecular complexity index is 919. The zero-order valence-electron chi connectivity index (χ0n) is 17.7. The van der Waals surface area contributed by atoms with Crippen molar-refractivity contribution < 1.29 is 4.57 Å². The average molecular weight is 360 g/mol. The number of benzene rings is 1. The number of aromatic nitrogens is 2. The van der Waals surface area contributed by atoms with Crippen LogP contribution in [0.2, 0.25) is 0 Å². The summed E-state index contributed by atoms with van der Waals surface area (Å²) in [5.41, 5.74) is 9.96. The summed E-state index contributed by atoms with van der Waals surface area (Å²) in [7, 11) is 2.09. The third kappa shape index (κ3) is 3.66. The molecule has 0 unspecified atom stereocenters. The van der Waals surface area contributed by atoms with Gasteiger partial charge in [-0.05, 0) is 54.5 Å². The summed E-state index contributed by atoms with van der Waals surface area (Å²) in [4.78, 5) is 5.09. The van der Waals surface area contributed by atoms with Gasteiger partial charge in [0.15, 0.2) is 6.20 Å². The molecule has 0 N–H and O–H groups in total. The van der Waals surface area contributed by atoms with Crippen LogP contribution >= 0.6 is 0 Å². The lowest BCUT2D eigenvalue weighted by molar-refractivity contribution is -0.660. The highest BCUT2D eigenvalue weighted by Gasteiger charge is 2.21. The lowest BCUT2D eigenvalue weighted by atomic mass is 9.86. The Labute approximate surface area is 163 Å². The first kappa shape index (κ1) is 19.3. The summed E-state index contributed by atoms with van der Waals surface area (Å²) in [6.45, 7) is 13.4. The Hall–Kier alpha value is -2.48. The highest BCUT2D eigenvalue weighted by atomic mass is 14.9. The standard InChI is InChI=1S/C25H31N2/c1-16(2)20-11-10-12-21(17(3)4)25(20)22-15-18(5)24(19(6)26-22)23-13-8-9-14-27(23)7/h8-17H,1-7H3/q+1. The largest absolute Gasteiger partial charge is 0.252 e. The highest BCUT2D eigenvalue weighted by Crippen LogP contribution is 2.37. The number of hydrogen-bond donors (Lipinski definition) is 0. The molecule has 3 aromatic rings. The molecule has 3 rings (SSSR count). The Kier molecular flexibility index (Phi) is 5.46. The van der Waals surface area contributed by atoms with Gasteiger partial charge in [0.1, 0.15) is 7.05 Å². The van der Waals surface area contributed by atoms with E-state index in [1.54, 1.807) is 0 Å². The quantitative estimate of drug-likeness (QED) is 0.514. The number of hydrogen-bond acceptors (Lipinski definition) is 1. The molecule has 2 heteroatoms. The normalized spacial score (nSPS) is 11.4. The maximum Gasteiger partial charge on any atom is 0.214 e. The van der Waals surface area contributed by atoms with Crippen LogP contribution in [0, 0.1) is 13.8 Å². The highest BCUT2D eigenvalue weighted by molar-refractivity contribution is 5.74. The van der Waals surface area contributed by atoms with Crippen LogP contribution in [0.25, 0.3) is 22.5 Å². The van der Waals surface area contributed by atoms with E-state index in [0.29, 0.717) is 11.8 Å². The number of rotatable bonds is 4. The summed E-state index contributed by atoms with van der Waals surface area (Å²) >= 11 is 0. The first-order chi connectivity index (χ1) is 12.8. The van der Waals surface area contributed by atoms with Crippen LogP contribution in [-0.4, -0.2) is 4.98 Å². The molecule has 140 valence electrons. The molecule has 0 radical (unpaired) electrons. The van der Waals surface area contributed by atoms with Crippen LogP contribution in [0.4, 0.5) is 0 Å². The molecule has 0 atom stereocenters. The molecule has 2 heterocycles. The zero-order valence-corrected chi connectivity index (χ0v) is 17.7. The van der Waals surface area contributed by atoms with E-state index in [1.165, 1.54) is 33.5 Å². The molecular formula is C25H31N2+. The van der Waals surface area contributed by atoms with Crippen molar-refractivity contribution in [1.82, 2.24) is 4.98 Å². The molecular weight excluding hydrogens is 328 g/mol. The van der Waals surface area contributed by atoms with Gasteiger partial charge >= 0.3 is 0 Å². The molecule has 0 saturated heterocycles. The molecule has 0 saturated carbocycles. The Balaban J connectivity index is 2.26. The molecule has 0 fully saturated rings. The summed E-state index contributed by atoms with van der Waals surface area (Å²) in [5.74, 6) is 0.931. The molecule has 0 aliphatic carbocycles. The molecule has 0 aliphatic rings. The fraction of sp³-hybridized carbons (Fsp3) is 0.360. The molecule has 2 nitrogen and oxygen atoms in total. The van der Waals surface area contributed by atoms with Gasteiger partial charge in [0.2, 0.25) is 5.69 Å². The Morgan fingerprint density at radius 1 is 0.815 bits per heavy atom. The van der Waals surface area contributed by atoms with Gasteiger partial charge in [-0.25, -0.2) is 4.57 Å².